The maximum atomic E-state index is 12.3. The van der Waals surface area contributed by atoms with Crippen LogP contribution in [0, 0.1) is 6.92 Å². The number of carbonyl (C=O) groups excluding carboxylic acids is 1. The molecule has 0 unspecified atom stereocenters. The van der Waals surface area contributed by atoms with Crippen molar-refractivity contribution in [1.29, 1.82) is 0 Å². The van der Waals surface area contributed by atoms with Gasteiger partial charge >= 0.3 is 0 Å². The molecule has 0 aromatic heterocycles. The fourth-order valence-electron chi connectivity index (χ4n) is 2.02. The lowest BCUT2D eigenvalue weighted by molar-refractivity contribution is 0.102. The highest BCUT2D eigenvalue weighted by Gasteiger charge is 2.20. The van der Waals surface area contributed by atoms with Crippen molar-refractivity contribution >= 4 is 39.1 Å². The van der Waals surface area contributed by atoms with Gasteiger partial charge in [0.1, 0.15) is 0 Å². The zero-order valence-corrected chi connectivity index (χ0v) is 13.4. The zero-order valence-electron chi connectivity index (χ0n) is 11.1. The summed E-state index contributed by atoms with van der Waals surface area (Å²) in [5, 5.41) is 3.19. The van der Waals surface area contributed by atoms with E-state index < -0.39 is 0 Å². The molecule has 21 heavy (non-hydrogen) atoms. The van der Waals surface area contributed by atoms with Gasteiger partial charge in [-0.2, -0.15) is 0 Å². The highest BCUT2D eigenvalue weighted by molar-refractivity contribution is 9.10. The molecule has 2 aromatic rings. The van der Waals surface area contributed by atoms with Crippen LogP contribution in [-0.4, -0.2) is 12.7 Å². The Bertz CT molecular complexity index is 733. The SMILES string of the molecule is Cc1cc(NC(=O)c2cc(Cl)c3c(c2)OCO3)ccc1Br. The van der Waals surface area contributed by atoms with Crippen LogP contribution in [0.5, 0.6) is 11.5 Å². The lowest BCUT2D eigenvalue weighted by atomic mass is 10.1. The van der Waals surface area contributed by atoms with Gasteiger partial charge in [0, 0.05) is 15.7 Å². The van der Waals surface area contributed by atoms with Gasteiger partial charge < -0.3 is 14.8 Å². The van der Waals surface area contributed by atoms with Crippen molar-refractivity contribution in [2.24, 2.45) is 0 Å². The van der Waals surface area contributed by atoms with Gasteiger partial charge in [-0.3, -0.25) is 4.79 Å². The van der Waals surface area contributed by atoms with E-state index in [0.717, 1.165) is 15.7 Å². The number of halogens is 2. The normalized spacial score (nSPS) is 12.3. The molecule has 0 saturated heterocycles. The number of fused-ring (bicyclic) bond motifs is 1. The first-order valence-electron chi connectivity index (χ1n) is 6.21. The minimum Gasteiger partial charge on any atom is -0.454 e. The van der Waals surface area contributed by atoms with Crippen LogP contribution in [-0.2, 0) is 0 Å². The third-order valence-electron chi connectivity index (χ3n) is 3.11. The molecule has 1 amide bonds. The molecule has 0 radical (unpaired) electrons. The number of hydrogen-bond donors (Lipinski definition) is 1. The number of anilines is 1. The van der Waals surface area contributed by atoms with E-state index in [2.05, 4.69) is 21.2 Å². The van der Waals surface area contributed by atoms with Gasteiger partial charge in [-0.1, -0.05) is 27.5 Å². The summed E-state index contributed by atoms with van der Waals surface area (Å²) in [6.07, 6.45) is 0. The Morgan fingerprint density at radius 2 is 2.10 bits per heavy atom. The van der Waals surface area contributed by atoms with E-state index in [-0.39, 0.29) is 12.7 Å². The topological polar surface area (TPSA) is 47.6 Å². The summed E-state index contributed by atoms with van der Waals surface area (Å²) >= 11 is 9.50. The Hall–Kier alpha value is -1.72. The summed E-state index contributed by atoms with van der Waals surface area (Å²) in [4.78, 5) is 12.3. The van der Waals surface area contributed by atoms with E-state index in [1.807, 2.05) is 25.1 Å². The Labute approximate surface area is 135 Å². The smallest absolute Gasteiger partial charge is 0.255 e. The van der Waals surface area contributed by atoms with Gasteiger partial charge in [0.25, 0.3) is 5.91 Å². The highest BCUT2D eigenvalue weighted by atomic mass is 79.9. The lowest BCUT2D eigenvalue weighted by Gasteiger charge is -2.08. The first-order valence-corrected chi connectivity index (χ1v) is 7.38. The van der Waals surface area contributed by atoms with Crippen LogP contribution in [0.2, 0.25) is 5.02 Å². The molecule has 3 rings (SSSR count). The summed E-state index contributed by atoms with van der Waals surface area (Å²) < 4.78 is 11.5. The van der Waals surface area contributed by atoms with Crippen molar-refractivity contribution in [3.05, 3.63) is 51.0 Å². The Balaban J connectivity index is 1.85. The molecular formula is C15H11BrClNO3. The predicted octanol–water partition coefficient (Wildman–Crippen LogP) is 4.39. The average molecular weight is 369 g/mol. The monoisotopic (exact) mass is 367 g/mol. The summed E-state index contributed by atoms with van der Waals surface area (Å²) in [7, 11) is 0. The molecule has 0 spiro atoms. The van der Waals surface area contributed by atoms with Crippen molar-refractivity contribution in [3.63, 3.8) is 0 Å². The van der Waals surface area contributed by atoms with Crippen LogP contribution in [0.4, 0.5) is 5.69 Å². The molecule has 0 saturated carbocycles. The lowest BCUT2D eigenvalue weighted by Crippen LogP contribution is -2.12. The van der Waals surface area contributed by atoms with Crippen LogP contribution in [0.15, 0.2) is 34.8 Å². The molecular weight excluding hydrogens is 358 g/mol. The van der Waals surface area contributed by atoms with Crippen LogP contribution in [0.1, 0.15) is 15.9 Å². The van der Waals surface area contributed by atoms with Crippen LogP contribution < -0.4 is 14.8 Å². The van der Waals surface area contributed by atoms with Crippen molar-refractivity contribution in [2.75, 3.05) is 12.1 Å². The highest BCUT2D eigenvalue weighted by Crippen LogP contribution is 2.39. The maximum absolute atomic E-state index is 12.3. The van der Waals surface area contributed by atoms with E-state index >= 15 is 0 Å². The second-order valence-corrected chi connectivity index (χ2v) is 5.87. The largest absolute Gasteiger partial charge is 0.454 e. The molecule has 0 aliphatic carbocycles. The fourth-order valence-corrected chi connectivity index (χ4v) is 2.54. The maximum Gasteiger partial charge on any atom is 0.255 e. The van der Waals surface area contributed by atoms with Crippen molar-refractivity contribution in [2.45, 2.75) is 6.92 Å². The molecule has 1 heterocycles. The second kappa shape index (κ2) is 5.58. The standard InChI is InChI=1S/C15H11BrClNO3/c1-8-4-10(2-3-11(8)16)18-15(19)9-5-12(17)14-13(6-9)20-7-21-14/h2-6H,7H2,1H3,(H,18,19). The first kappa shape index (κ1) is 14.2. The number of aryl methyl sites for hydroxylation is 1. The molecule has 2 aromatic carbocycles. The van der Waals surface area contributed by atoms with Gasteiger partial charge in [-0.05, 0) is 42.8 Å². The molecule has 0 atom stereocenters. The first-order chi connectivity index (χ1) is 10.0. The van der Waals surface area contributed by atoms with Crippen LogP contribution >= 0.6 is 27.5 Å². The predicted molar refractivity (Wildman–Crippen MR) is 84.4 cm³/mol. The molecule has 1 aliphatic rings. The number of hydrogen-bond acceptors (Lipinski definition) is 3. The fraction of sp³-hybridized carbons (Fsp3) is 0.133. The molecule has 108 valence electrons. The quantitative estimate of drug-likeness (QED) is 0.855. The minimum absolute atomic E-state index is 0.117. The summed E-state index contributed by atoms with van der Waals surface area (Å²) in [5.74, 6) is 0.712. The molecule has 1 aliphatic heterocycles. The Morgan fingerprint density at radius 3 is 2.86 bits per heavy atom. The van der Waals surface area contributed by atoms with Gasteiger partial charge in [-0.25, -0.2) is 0 Å². The van der Waals surface area contributed by atoms with Gasteiger partial charge in [-0.15, -0.1) is 0 Å². The average Bonchev–Trinajstić information content (AvgIpc) is 2.92. The van der Waals surface area contributed by atoms with E-state index in [1.54, 1.807) is 12.1 Å². The van der Waals surface area contributed by atoms with Crippen molar-refractivity contribution in [1.82, 2.24) is 0 Å². The van der Waals surface area contributed by atoms with E-state index in [1.165, 1.54) is 0 Å². The third-order valence-corrected chi connectivity index (χ3v) is 4.28. The number of ether oxygens (including phenoxy) is 2. The van der Waals surface area contributed by atoms with Crippen molar-refractivity contribution in [3.8, 4) is 11.5 Å². The number of rotatable bonds is 2. The summed E-state index contributed by atoms with van der Waals surface area (Å²) in [6, 6.07) is 8.78. The molecule has 6 heteroatoms. The molecule has 1 N–H and O–H groups in total. The molecule has 0 fully saturated rings. The second-order valence-electron chi connectivity index (χ2n) is 4.61. The number of amides is 1. The van der Waals surface area contributed by atoms with Gasteiger partial charge in [0.2, 0.25) is 6.79 Å². The number of benzene rings is 2. The van der Waals surface area contributed by atoms with E-state index in [9.17, 15) is 4.79 Å². The van der Waals surface area contributed by atoms with Crippen LogP contribution in [0.3, 0.4) is 0 Å². The van der Waals surface area contributed by atoms with Gasteiger partial charge in [0.15, 0.2) is 11.5 Å². The van der Waals surface area contributed by atoms with E-state index in [4.69, 9.17) is 21.1 Å². The Kier molecular flexibility index (Phi) is 3.78. The van der Waals surface area contributed by atoms with Crippen LogP contribution in [0.25, 0.3) is 0 Å². The Morgan fingerprint density at radius 1 is 1.29 bits per heavy atom. The van der Waals surface area contributed by atoms with Crippen molar-refractivity contribution < 1.29 is 14.3 Å². The van der Waals surface area contributed by atoms with Gasteiger partial charge in [0.05, 0.1) is 5.02 Å². The third kappa shape index (κ3) is 2.84. The zero-order chi connectivity index (χ0) is 15.0. The van der Waals surface area contributed by atoms with E-state index in [0.29, 0.717) is 22.1 Å². The summed E-state index contributed by atoms with van der Waals surface area (Å²) in [5.41, 5.74) is 2.18. The number of nitrogens with one attached hydrogen (secondary N) is 1. The molecule has 4 nitrogen and oxygen atoms in total. The molecule has 0 bridgehead atoms. The summed E-state index contributed by atoms with van der Waals surface area (Å²) in [6.45, 7) is 2.07. The number of carbonyl (C=O) groups is 1. The minimum atomic E-state index is -0.253.